The minimum Gasteiger partial charge on any atom is -0.322 e. The van der Waals surface area contributed by atoms with E-state index in [4.69, 9.17) is 0 Å². The summed E-state index contributed by atoms with van der Waals surface area (Å²) in [4.78, 5) is 24.9. The topological polar surface area (TPSA) is 62.6 Å². The van der Waals surface area contributed by atoms with Crippen LogP contribution in [-0.4, -0.2) is 32.0 Å². The maximum Gasteiger partial charge on any atom is 0.279 e. The van der Waals surface area contributed by atoms with Gasteiger partial charge >= 0.3 is 0 Å². The van der Waals surface area contributed by atoms with E-state index in [0.717, 1.165) is 26.3 Å². The number of likely N-dealkylation sites (N-methyl/N-ethyl adjacent to an activating group) is 1. The van der Waals surface area contributed by atoms with E-state index in [1.807, 2.05) is 62.5 Å². The Kier molecular flexibility index (Phi) is 6.52. The number of benzene rings is 2. The van der Waals surface area contributed by atoms with Gasteiger partial charge in [0.2, 0.25) is 0 Å². The van der Waals surface area contributed by atoms with Gasteiger partial charge < -0.3 is 15.5 Å². The molecule has 0 fully saturated rings. The number of aryl methyl sites for hydroxylation is 1. The summed E-state index contributed by atoms with van der Waals surface area (Å²) in [6, 6.07) is 15.0. The molecule has 0 aliphatic carbocycles. The van der Waals surface area contributed by atoms with E-state index in [2.05, 4.69) is 26.6 Å². The number of para-hydroxylation sites is 1. The fourth-order valence-electron chi connectivity index (χ4n) is 2.21. The summed E-state index contributed by atoms with van der Waals surface area (Å²) >= 11 is 3.39. The number of hydrogen-bond acceptors (Lipinski definition) is 2. The summed E-state index contributed by atoms with van der Waals surface area (Å²) in [5.41, 5.74) is 2.62. The second-order valence-electron chi connectivity index (χ2n) is 5.75. The van der Waals surface area contributed by atoms with Crippen LogP contribution in [0.15, 0.2) is 53.0 Å². The van der Waals surface area contributed by atoms with Crippen LogP contribution in [0.5, 0.6) is 0 Å². The van der Waals surface area contributed by atoms with Crippen LogP contribution < -0.4 is 15.5 Å². The highest BCUT2D eigenvalue weighted by Gasteiger charge is 2.15. The Morgan fingerprint density at radius 2 is 1.54 bits per heavy atom. The van der Waals surface area contributed by atoms with Gasteiger partial charge in [0.15, 0.2) is 13.1 Å². The zero-order valence-corrected chi connectivity index (χ0v) is 15.3. The largest absolute Gasteiger partial charge is 0.322 e. The first-order valence-corrected chi connectivity index (χ1v) is 8.45. The van der Waals surface area contributed by atoms with Crippen molar-refractivity contribution in [1.82, 2.24) is 0 Å². The van der Waals surface area contributed by atoms with Crippen molar-refractivity contribution in [2.75, 3.05) is 30.8 Å². The molecule has 2 aromatic rings. The molecule has 24 heavy (non-hydrogen) atoms. The van der Waals surface area contributed by atoms with E-state index in [1.165, 1.54) is 0 Å². The summed E-state index contributed by atoms with van der Waals surface area (Å²) in [7, 11) is 1.81. The van der Waals surface area contributed by atoms with Gasteiger partial charge in [-0.3, -0.25) is 9.59 Å². The number of hydrogen-bond donors (Lipinski definition) is 3. The molecule has 0 radical (unpaired) electrons. The maximum atomic E-state index is 12.1. The third kappa shape index (κ3) is 5.79. The van der Waals surface area contributed by atoms with Crippen LogP contribution >= 0.6 is 15.9 Å². The lowest BCUT2D eigenvalue weighted by atomic mass is 10.2. The Balaban J connectivity index is 1.80. The lowest BCUT2D eigenvalue weighted by Crippen LogP contribution is -3.11. The quantitative estimate of drug-likeness (QED) is 0.704. The Morgan fingerprint density at radius 1 is 0.958 bits per heavy atom. The van der Waals surface area contributed by atoms with Crippen molar-refractivity contribution in [3.63, 3.8) is 0 Å². The second kappa shape index (κ2) is 8.61. The summed E-state index contributed by atoms with van der Waals surface area (Å²) in [6.07, 6.45) is 0. The van der Waals surface area contributed by atoms with E-state index < -0.39 is 0 Å². The van der Waals surface area contributed by atoms with Crippen LogP contribution in [0.4, 0.5) is 11.4 Å². The Hall–Kier alpha value is -2.18. The lowest BCUT2D eigenvalue weighted by Gasteiger charge is -2.14. The summed E-state index contributed by atoms with van der Waals surface area (Å²) < 4.78 is 0.827. The fraction of sp³-hybridized carbons (Fsp3) is 0.222. The Bertz CT molecular complexity index is 716. The third-order valence-corrected chi connectivity index (χ3v) is 4.10. The highest BCUT2D eigenvalue weighted by molar-refractivity contribution is 9.10. The molecular formula is C18H21BrN3O2+. The SMILES string of the molecule is Cc1ccc(NC(=O)C[NH+](C)CC(=O)Nc2ccccc2Br)cc1. The van der Waals surface area contributed by atoms with Gasteiger partial charge in [-0.2, -0.15) is 0 Å². The molecule has 1 atom stereocenters. The van der Waals surface area contributed by atoms with Gasteiger partial charge in [0.05, 0.1) is 12.7 Å². The second-order valence-corrected chi connectivity index (χ2v) is 6.61. The van der Waals surface area contributed by atoms with Crippen molar-refractivity contribution in [1.29, 1.82) is 0 Å². The predicted octanol–water partition coefficient (Wildman–Crippen LogP) is 1.85. The minimum atomic E-state index is -0.137. The van der Waals surface area contributed by atoms with Gasteiger partial charge in [-0.1, -0.05) is 29.8 Å². The number of rotatable bonds is 6. The maximum absolute atomic E-state index is 12.1. The molecular weight excluding hydrogens is 370 g/mol. The molecule has 0 aromatic heterocycles. The highest BCUT2D eigenvalue weighted by Crippen LogP contribution is 2.20. The number of amides is 2. The molecule has 0 heterocycles. The summed E-state index contributed by atoms with van der Waals surface area (Å²) in [5.74, 6) is -0.257. The van der Waals surface area contributed by atoms with Crippen molar-refractivity contribution < 1.29 is 14.5 Å². The smallest absolute Gasteiger partial charge is 0.279 e. The zero-order chi connectivity index (χ0) is 17.5. The van der Waals surface area contributed by atoms with E-state index >= 15 is 0 Å². The molecule has 1 unspecified atom stereocenters. The molecule has 2 amide bonds. The standard InChI is InChI=1S/C18H20BrN3O2/c1-13-7-9-14(10-8-13)20-17(23)11-22(2)12-18(24)21-16-6-4-3-5-15(16)19/h3-10H,11-12H2,1-2H3,(H,20,23)(H,21,24)/p+1. The number of anilines is 2. The van der Waals surface area contributed by atoms with Gasteiger partial charge in [-0.05, 0) is 47.1 Å². The molecule has 0 aliphatic rings. The van der Waals surface area contributed by atoms with Crippen molar-refractivity contribution in [3.05, 3.63) is 58.6 Å². The molecule has 5 nitrogen and oxygen atoms in total. The highest BCUT2D eigenvalue weighted by atomic mass is 79.9. The van der Waals surface area contributed by atoms with Gasteiger partial charge in [-0.25, -0.2) is 0 Å². The van der Waals surface area contributed by atoms with E-state index in [9.17, 15) is 9.59 Å². The Labute approximate surface area is 150 Å². The molecule has 0 bridgehead atoms. The van der Waals surface area contributed by atoms with Crippen molar-refractivity contribution in [2.45, 2.75) is 6.92 Å². The van der Waals surface area contributed by atoms with Crippen molar-refractivity contribution in [3.8, 4) is 0 Å². The molecule has 6 heteroatoms. The number of carbonyl (C=O) groups excluding carboxylic acids is 2. The first-order chi connectivity index (χ1) is 11.4. The predicted molar refractivity (Wildman–Crippen MR) is 99.2 cm³/mol. The van der Waals surface area contributed by atoms with E-state index in [-0.39, 0.29) is 24.9 Å². The van der Waals surface area contributed by atoms with Crippen LogP contribution in [0, 0.1) is 6.92 Å². The van der Waals surface area contributed by atoms with Crippen LogP contribution in [0.25, 0.3) is 0 Å². The van der Waals surface area contributed by atoms with Crippen LogP contribution in [0.1, 0.15) is 5.56 Å². The summed E-state index contributed by atoms with van der Waals surface area (Å²) in [6.45, 7) is 2.42. The molecule has 0 spiro atoms. The number of carbonyl (C=O) groups is 2. The van der Waals surface area contributed by atoms with E-state index in [1.54, 1.807) is 0 Å². The molecule has 126 valence electrons. The van der Waals surface area contributed by atoms with Crippen LogP contribution in [0.3, 0.4) is 0 Å². The first kappa shape index (κ1) is 18.2. The summed E-state index contributed by atoms with van der Waals surface area (Å²) in [5, 5.41) is 5.67. The van der Waals surface area contributed by atoms with Gasteiger partial charge in [0, 0.05) is 10.2 Å². The van der Waals surface area contributed by atoms with Crippen LogP contribution in [-0.2, 0) is 9.59 Å². The Morgan fingerprint density at radius 3 is 2.17 bits per heavy atom. The number of halogens is 1. The fourth-order valence-corrected chi connectivity index (χ4v) is 2.59. The molecule has 0 saturated carbocycles. The molecule has 3 N–H and O–H groups in total. The average molecular weight is 391 g/mol. The first-order valence-electron chi connectivity index (χ1n) is 7.66. The lowest BCUT2D eigenvalue weighted by molar-refractivity contribution is -0.862. The monoisotopic (exact) mass is 390 g/mol. The number of nitrogens with one attached hydrogen (secondary N) is 3. The zero-order valence-electron chi connectivity index (χ0n) is 13.7. The molecule has 2 rings (SSSR count). The van der Waals surface area contributed by atoms with Crippen molar-refractivity contribution >= 4 is 39.1 Å². The molecule has 0 aliphatic heterocycles. The van der Waals surface area contributed by atoms with Gasteiger partial charge in [-0.15, -0.1) is 0 Å². The minimum absolute atomic E-state index is 0.120. The average Bonchev–Trinajstić information content (AvgIpc) is 2.51. The normalized spacial score (nSPS) is 11.6. The van der Waals surface area contributed by atoms with Crippen molar-refractivity contribution in [2.24, 2.45) is 0 Å². The molecule has 2 aromatic carbocycles. The van der Waals surface area contributed by atoms with Crippen LogP contribution in [0.2, 0.25) is 0 Å². The molecule has 0 saturated heterocycles. The number of quaternary nitrogens is 1. The van der Waals surface area contributed by atoms with Gasteiger partial charge in [0.25, 0.3) is 11.8 Å². The third-order valence-electron chi connectivity index (χ3n) is 3.41. The van der Waals surface area contributed by atoms with Gasteiger partial charge in [0.1, 0.15) is 0 Å². The van der Waals surface area contributed by atoms with E-state index in [0.29, 0.717) is 0 Å².